The minimum atomic E-state index is -0.431. The van der Waals surface area contributed by atoms with Crippen molar-refractivity contribution in [2.24, 2.45) is 0 Å². The second kappa shape index (κ2) is 10.5. The van der Waals surface area contributed by atoms with Crippen LogP contribution in [0, 0.1) is 0 Å². The van der Waals surface area contributed by atoms with E-state index in [9.17, 15) is 9.59 Å². The van der Waals surface area contributed by atoms with Crippen molar-refractivity contribution in [2.45, 2.75) is 6.92 Å². The van der Waals surface area contributed by atoms with E-state index in [0.717, 1.165) is 5.56 Å². The van der Waals surface area contributed by atoms with Gasteiger partial charge < -0.3 is 19.5 Å². The average Bonchev–Trinajstić information content (AvgIpc) is 2.88. The lowest BCUT2D eigenvalue weighted by Crippen LogP contribution is -2.20. The molecule has 172 valence electrons. The van der Waals surface area contributed by atoms with Crippen LogP contribution in [0.15, 0.2) is 78.9 Å². The molecule has 0 unspecified atom stereocenters. The highest BCUT2D eigenvalue weighted by atomic mass is 16.5. The van der Waals surface area contributed by atoms with Gasteiger partial charge in [0.25, 0.3) is 5.91 Å². The zero-order valence-electron chi connectivity index (χ0n) is 18.9. The van der Waals surface area contributed by atoms with Crippen LogP contribution in [0.25, 0.3) is 22.2 Å². The maximum atomic E-state index is 12.5. The molecule has 4 rings (SSSR count). The Labute approximate surface area is 197 Å². The number of rotatable bonds is 8. The van der Waals surface area contributed by atoms with Crippen molar-refractivity contribution in [1.82, 2.24) is 4.98 Å². The first-order valence-electron chi connectivity index (χ1n) is 10.8. The number of carbonyl (C=O) groups is 2. The molecule has 0 aliphatic rings. The highest BCUT2D eigenvalue weighted by molar-refractivity contribution is 5.97. The van der Waals surface area contributed by atoms with Crippen LogP contribution < -0.4 is 14.8 Å². The Kier molecular flexibility index (Phi) is 7.03. The van der Waals surface area contributed by atoms with Gasteiger partial charge in [-0.15, -0.1) is 0 Å². The van der Waals surface area contributed by atoms with Crippen molar-refractivity contribution < 1.29 is 23.8 Å². The van der Waals surface area contributed by atoms with E-state index in [1.807, 2.05) is 30.3 Å². The Bertz CT molecular complexity index is 1300. The summed E-state index contributed by atoms with van der Waals surface area (Å²) in [5.74, 6) is 0.390. The SMILES string of the molecule is CCOC(=O)c1ccc2nc(-c3ccccc3)cc(OCC(=O)Nc3ccc(OC)cc3)c2c1. The van der Waals surface area contributed by atoms with E-state index in [1.165, 1.54) is 0 Å². The molecular formula is C27H24N2O5. The fourth-order valence-electron chi connectivity index (χ4n) is 3.43. The number of anilines is 1. The molecule has 7 nitrogen and oxygen atoms in total. The second-order valence-electron chi connectivity index (χ2n) is 7.39. The highest BCUT2D eigenvalue weighted by Gasteiger charge is 2.14. The predicted molar refractivity (Wildman–Crippen MR) is 130 cm³/mol. The van der Waals surface area contributed by atoms with Gasteiger partial charge in [-0.25, -0.2) is 9.78 Å². The average molecular weight is 456 g/mol. The maximum absolute atomic E-state index is 12.5. The molecule has 0 saturated carbocycles. The molecule has 0 bridgehead atoms. The van der Waals surface area contributed by atoms with Crippen LogP contribution in [0.3, 0.4) is 0 Å². The standard InChI is InChI=1S/C27H24N2O5/c1-3-33-27(31)19-9-14-23-22(15-19)25(16-24(29-23)18-7-5-4-6-8-18)34-17-26(30)28-20-10-12-21(32-2)13-11-20/h4-16H,3,17H2,1-2H3,(H,28,30). The molecule has 34 heavy (non-hydrogen) atoms. The molecule has 0 spiro atoms. The number of aromatic nitrogens is 1. The number of nitrogens with zero attached hydrogens (tertiary/aromatic N) is 1. The summed E-state index contributed by atoms with van der Waals surface area (Å²) < 4.78 is 16.2. The minimum absolute atomic E-state index is 0.219. The van der Waals surface area contributed by atoms with Gasteiger partial charge in [0.05, 0.1) is 30.5 Å². The molecule has 1 amide bonds. The van der Waals surface area contributed by atoms with Gasteiger partial charge in [0.2, 0.25) is 0 Å². The Balaban J connectivity index is 1.62. The summed E-state index contributed by atoms with van der Waals surface area (Å²) in [6.45, 7) is 1.81. The molecule has 1 N–H and O–H groups in total. The van der Waals surface area contributed by atoms with Gasteiger partial charge in [0.15, 0.2) is 6.61 Å². The van der Waals surface area contributed by atoms with Crippen molar-refractivity contribution in [2.75, 3.05) is 25.6 Å². The third-order valence-corrected chi connectivity index (χ3v) is 5.08. The molecule has 7 heteroatoms. The van der Waals surface area contributed by atoms with Crippen LogP contribution >= 0.6 is 0 Å². The number of fused-ring (bicyclic) bond motifs is 1. The van der Waals surface area contributed by atoms with Crippen LogP contribution in [0.5, 0.6) is 11.5 Å². The van der Waals surface area contributed by atoms with E-state index < -0.39 is 5.97 Å². The van der Waals surface area contributed by atoms with Gasteiger partial charge in [-0.2, -0.15) is 0 Å². The number of esters is 1. The van der Waals surface area contributed by atoms with Crippen molar-refractivity contribution >= 4 is 28.5 Å². The van der Waals surface area contributed by atoms with E-state index >= 15 is 0 Å². The van der Waals surface area contributed by atoms with Crippen molar-refractivity contribution in [3.8, 4) is 22.8 Å². The van der Waals surface area contributed by atoms with E-state index in [0.29, 0.717) is 39.3 Å². The fraction of sp³-hybridized carbons (Fsp3) is 0.148. The normalized spacial score (nSPS) is 10.5. The van der Waals surface area contributed by atoms with Crippen molar-refractivity contribution in [1.29, 1.82) is 0 Å². The molecule has 0 aliphatic heterocycles. The first kappa shape index (κ1) is 22.8. The van der Waals surface area contributed by atoms with Crippen LogP contribution in [-0.4, -0.2) is 37.2 Å². The number of ether oxygens (including phenoxy) is 3. The highest BCUT2D eigenvalue weighted by Crippen LogP contribution is 2.31. The molecular weight excluding hydrogens is 432 g/mol. The summed E-state index contributed by atoms with van der Waals surface area (Å²) in [6, 6.07) is 23.5. The topological polar surface area (TPSA) is 86.8 Å². The number of nitrogens with one attached hydrogen (secondary N) is 1. The fourth-order valence-corrected chi connectivity index (χ4v) is 3.43. The molecule has 0 aliphatic carbocycles. The van der Waals surface area contributed by atoms with E-state index in [2.05, 4.69) is 5.32 Å². The number of pyridine rings is 1. The third-order valence-electron chi connectivity index (χ3n) is 5.08. The molecule has 3 aromatic carbocycles. The molecule has 1 aromatic heterocycles. The Morgan fingerprint density at radius 2 is 1.71 bits per heavy atom. The van der Waals surface area contributed by atoms with Crippen LogP contribution in [0.4, 0.5) is 5.69 Å². The Morgan fingerprint density at radius 3 is 2.41 bits per heavy atom. The molecule has 0 saturated heterocycles. The summed E-state index contributed by atoms with van der Waals surface area (Å²) in [6.07, 6.45) is 0. The summed E-state index contributed by atoms with van der Waals surface area (Å²) in [4.78, 5) is 29.5. The zero-order chi connectivity index (χ0) is 23.9. The lowest BCUT2D eigenvalue weighted by atomic mass is 10.1. The summed E-state index contributed by atoms with van der Waals surface area (Å²) >= 11 is 0. The van der Waals surface area contributed by atoms with Crippen molar-refractivity contribution in [3.63, 3.8) is 0 Å². The smallest absolute Gasteiger partial charge is 0.338 e. The number of hydrogen-bond acceptors (Lipinski definition) is 6. The summed E-state index contributed by atoms with van der Waals surface area (Å²) in [5.41, 5.74) is 3.26. The molecule has 1 heterocycles. The lowest BCUT2D eigenvalue weighted by Gasteiger charge is -2.13. The number of methoxy groups -OCH3 is 1. The van der Waals surface area contributed by atoms with Gasteiger partial charge in [-0.05, 0) is 49.4 Å². The van der Waals surface area contributed by atoms with Gasteiger partial charge in [-0.1, -0.05) is 30.3 Å². The zero-order valence-corrected chi connectivity index (χ0v) is 18.9. The number of hydrogen-bond donors (Lipinski definition) is 1. The van der Waals surface area contributed by atoms with Gasteiger partial charge >= 0.3 is 5.97 Å². The Hall–Kier alpha value is -4.39. The predicted octanol–water partition coefficient (Wildman–Crippen LogP) is 5.10. The minimum Gasteiger partial charge on any atom is -0.497 e. The van der Waals surface area contributed by atoms with Crippen molar-refractivity contribution in [3.05, 3.63) is 84.4 Å². The first-order valence-corrected chi connectivity index (χ1v) is 10.8. The molecule has 4 aromatic rings. The van der Waals surface area contributed by atoms with E-state index in [4.69, 9.17) is 19.2 Å². The second-order valence-corrected chi connectivity index (χ2v) is 7.39. The van der Waals surface area contributed by atoms with E-state index in [-0.39, 0.29) is 19.1 Å². The maximum Gasteiger partial charge on any atom is 0.338 e. The number of benzene rings is 3. The molecule has 0 radical (unpaired) electrons. The third kappa shape index (κ3) is 5.32. The van der Waals surface area contributed by atoms with Crippen LogP contribution in [0.2, 0.25) is 0 Å². The Morgan fingerprint density at radius 1 is 0.941 bits per heavy atom. The largest absolute Gasteiger partial charge is 0.497 e. The van der Waals surface area contributed by atoms with Gasteiger partial charge in [0, 0.05) is 22.7 Å². The first-order chi connectivity index (χ1) is 16.6. The van der Waals surface area contributed by atoms with Gasteiger partial charge in [0.1, 0.15) is 11.5 Å². The summed E-state index contributed by atoms with van der Waals surface area (Å²) in [5, 5.41) is 3.41. The molecule has 0 fully saturated rings. The monoisotopic (exact) mass is 456 g/mol. The molecule has 0 atom stereocenters. The van der Waals surface area contributed by atoms with Gasteiger partial charge in [-0.3, -0.25) is 4.79 Å². The quantitative estimate of drug-likeness (QED) is 0.371. The van der Waals surface area contributed by atoms with E-state index in [1.54, 1.807) is 62.6 Å². The number of amides is 1. The van der Waals surface area contributed by atoms with Crippen LogP contribution in [0.1, 0.15) is 17.3 Å². The van der Waals surface area contributed by atoms with Crippen LogP contribution in [-0.2, 0) is 9.53 Å². The summed E-state index contributed by atoms with van der Waals surface area (Å²) in [7, 11) is 1.58. The lowest BCUT2D eigenvalue weighted by molar-refractivity contribution is -0.118. The number of carbonyl (C=O) groups excluding carboxylic acids is 2.